The Morgan fingerprint density at radius 1 is 1.28 bits per heavy atom. The second-order valence-electron chi connectivity index (χ2n) is 7.53. The SMILES string of the molecule is CC(C)c1noc(N2CCN([C@@H](C)CCOc3ccc(C(=O)[O-])c(F)c3)CC2)n1. The number of halogens is 1. The lowest BCUT2D eigenvalue weighted by molar-refractivity contribution is -0.255. The molecule has 3 rings (SSSR count). The first kappa shape index (κ1) is 21.0. The van der Waals surface area contributed by atoms with Gasteiger partial charge < -0.3 is 24.1 Å². The van der Waals surface area contributed by atoms with E-state index in [0.717, 1.165) is 50.6 Å². The first-order valence-electron chi connectivity index (χ1n) is 9.81. The predicted octanol–water partition coefficient (Wildman–Crippen LogP) is 1.68. The quantitative estimate of drug-likeness (QED) is 0.655. The van der Waals surface area contributed by atoms with Gasteiger partial charge in [-0.25, -0.2) is 4.39 Å². The Balaban J connectivity index is 1.43. The number of nitrogens with zero attached hydrogens (tertiary/aromatic N) is 4. The fourth-order valence-corrected chi connectivity index (χ4v) is 3.22. The van der Waals surface area contributed by atoms with Crippen molar-refractivity contribution in [2.24, 2.45) is 0 Å². The predicted molar refractivity (Wildman–Crippen MR) is 102 cm³/mol. The molecule has 0 spiro atoms. The van der Waals surface area contributed by atoms with Crippen LogP contribution in [0.1, 0.15) is 49.3 Å². The lowest BCUT2D eigenvalue weighted by Crippen LogP contribution is -2.50. The summed E-state index contributed by atoms with van der Waals surface area (Å²) in [5, 5.41) is 14.8. The number of aromatic nitrogens is 2. The fourth-order valence-electron chi connectivity index (χ4n) is 3.22. The largest absolute Gasteiger partial charge is 0.545 e. The molecular formula is C20H26FN4O4-. The first-order chi connectivity index (χ1) is 13.8. The van der Waals surface area contributed by atoms with E-state index in [1.807, 2.05) is 13.8 Å². The summed E-state index contributed by atoms with van der Waals surface area (Å²) in [4.78, 5) is 19.6. The molecule has 2 heterocycles. The topological polar surface area (TPSA) is 94.8 Å². The Bertz CT molecular complexity index is 834. The third-order valence-electron chi connectivity index (χ3n) is 5.12. The maximum absolute atomic E-state index is 13.7. The first-order valence-corrected chi connectivity index (χ1v) is 9.81. The number of carbonyl (C=O) groups excluding carboxylic acids is 1. The van der Waals surface area contributed by atoms with Crippen LogP contribution in [0.25, 0.3) is 0 Å². The molecule has 0 N–H and O–H groups in total. The molecule has 0 bridgehead atoms. The number of rotatable bonds is 8. The van der Waals surface area contributed by atoms with Gasteiger partial charge in [-0.1, -0.05) is 19.0 Å². The number of benzene rings is 1. The minimum absolute atomic E-state index is 0.235. The number of hydrogen-bond acceptors (Lipinski definition) is 8. The molecule has 1 aliphatic rings. The van der Waals surface area contributed by atoms with Crippen LogP contribution < -0.4 is 14.7 Å². The van der Waals surface area contributed by atoms with Crippen molar-refractivity contribution in [2.75, 3.05) is 37.7 Å². The lowest BCUT2D eigenvalue weighted by atomic mass is 10.2. The van der Waals surface area contributed by atoms with Gasteiger partial charge in [-0.15, -0.1) is 0 Å². The zero-order valence-corrected chi connectivity index (χ0v) is 16.9. The van der Waals surface area contributed by atoms with Gasteiger partial charge in [0.2, 0.25) is 0 Å². The minimum atomic E-state index is -1.54. The fraction of sp³-hybridized carbons (Fsp3) is 0.550. The zero-order chi connectivity index (χ0) is 21.0. The summed E-state index contributed by atoms with van der Waals surface area (Å²) >= 11 is 0. The minimum Gasteiger partial charge on any atom is -0.545 e. The maximum atomic E-state index is 13.7. The summed E-state index contributed by atoms with van der Waals surface area (Å²) in [5.41, 5.74) is -0.467. The van der Waals surface area contributed by atoms with Gasteiger partial charge in [-0.3, -0.25) is 4.90 Å². The van der Waals surface area contributed by atoms with Gasteiger partial charge in [0, 0.05) is 49.8 Å². The van der Waals surface area contributed by atoms with Crippen LogP contribution in [0.15, 0.2) is 22.7 Å². The molecule has 1 fully saturated rings. The Morgan fingerprint density at radius 2 is 2.00 bits per heavy atom. The highest BCUT2D eigenvalue weighted by Crippen LogP contribution is 2.20. The van der Waals surface area contributed by atoms with Crippen LogP contribution in [-0.4, -0.2) is 59.8 Å². The third-order valence-corrected chi connectivity index (χ3v) is 5.12. The van der Waals surface area contributed by atoms with Gasteiger partial charge in [0.1, 0.15) is 11.6 Å². The molecule has 9 heteroatoms. The number of carboxylic acid groups (broad SMARTS) is 1. The van der Waals surface area contributed by atoms with Crippen LogP contribution in [0, 0.1) is 5.82 Å². The van der Waals surface area contributed by atoms with E-state index in [1.165, 1.54) is 6.07 Å². The van der Waals surface area contributed by atoms with E-state index in [4.69, 9.17) is 9.26 Å². The number of carbonyl (C=O) groups is 1. The van der Waals surface area contributed by atoms with E-state index in [9.17, 15) is 14.3 Å². The van der Waals surface area contributed by atoms with Crippen molar-refractivity contribution >= 4 is 12.0 Å². The number of carboxylic acids is 1. The van der Waals surface area contributed by atoms with Gasteiger partial charge in [0.25, 0.3) is 0 Å². The van der Waals surface area contributed by atoms with E-state index in [1.54, 1.807) is 0 Å². The van der Waals surface area contributed by atoms with Gasteiger partial charge in [-0.2, -0.15) is 4.98 Å². The Hall–Kier alpha value is -2.68. The van der Waals surface area contributed by atoms with Gasteiger partial charge in [-0.05, 0) is 25.5 Å². The molecule has 1 atom stereocenters. The molecule has 0 radical (unpaired) electrons. The molecule has 0 saturated carbocycles. The summed E-state index contributed by atoms with van der Waals surface area (Å²) in [5.74, 6) is -1.13. The zero-order valence-electron chi connectivity index (χ0n) is 16.9. The van der Waals surface area contributed by atoms with Crippen molar-refractivity contribution in [2.45, 2.75) is 39.2 Å². The van der Waals surface area contributed by atoms with E-state index in [0.29, 0.717) is 24.4 Å². The molecule has 29 heavy (non-hydrogen) atoms. The van der Waals surface area contributed by atoms with Crippen LogP contribution in [0.5, 0.6) is 5.75 Å². The summed E-state index contributed by atoms with van der Waals surface area (Å²) in [6.07, 6.45) is 0.766. The normalized spacial score (nSPS) is 16.2. The number of hydrogen-bond donors (Lipinski definition) is 0. The van der Waals surface area contributed by atoms with Crippen molar-refractivity contribution in [1.29, 1.82) is 0 Å². The number of piperazine rings is 1. The van der Waals surface area contributed by atoms with E-state index >= 15 is 0 Å². The van der Waals surface area contributed by atoms with Crippen molar-refractivity contribution in [3.63, 3.8) is 0 Å². The second kappa shape index (κ2) is 9.21. The molecule has 0 amide bonds. The molecule has 1 aromatic heterocycles. The van der Waals surface area contributed by atoms with Gasteiger partial charge in [0.15, 0.2) is 5.82 Å². The highest BCUT2D eigenvalue weighted by molar-refractivity contribution is 5.86. The van der Waals surface area contributed by atoms with Crippen LogP contribution >= 0.6 is 0 Å². The summed E-state index contributed by atoms with van der Waals surface area (Å²) in [6, 6.07) is 4.53. The molecule has 1 aliphatic heterocycles. The highest BCUT2D eigenvalue weighted by Gasteiger charge is 2.24. The molecule has 1 aromatic carbocycles. The summed E-state index contributed by atoms with van der Waals surface area (Å²) in [6.45, 7) is 9.95. The highest BCUT2D eigenvalue weighted by atomic mass is 19.1. The van der Waals surface area contributed by atoms with Crippen molar-refractivity contribution in [3.8, 4) is 5.75 Å². The molecule has 2 aromatic rings. The van der Waals surface area contributed by atoms with Crippen LogP contribution in [0.3, 0.4) is 0 Å². The Labute approximate surface area is 169 Å². The molecular weight excluding hydrogens is 379 g/mol. The van der Waals surface area contributed by atoms with Gasteiger partial charge >= 0.3 is 6.01 Å². The number of anilines is 1. The second-order valence-corrected chi connectivity index (χ2v) is 7.53. The monoisotopic (exact) mass is 405 g/mol. The molecule has 8 nitrogen and oxygen atoms in total. The smallest absolute Gasteiger partial charge is 0.324 e. The van der Waals surface area contributed by atoms with Crippen molar-refractivity contribution in [1.82, 2.24) is 15.0 Å². The molecule has 1 saturated heterocycles. The van der Waals surface area contributed by atoms with E-state index < -0.39 is 17.3 Å². The lowest BCUT2D eigenvalue weighted by Gasteiger charge is -2.37. The van der Waals surface area contributed by atoms with E-state index in [-0.39, 0.29) is 5.92 Å². The molecule has 158 valence electrons. The number of aromatic carboxylic acids is 1. The Kier molecular flexibility index (Phi) is 6.68. The molecule has 0 aliphatic carbocycles. The summed E-state index contributed by atoms with van der Waals surface area (Å²) in [7, 11) is 0. The third kappa shape index (κ3) is 5.23. The standard InChI is InChI=1S/C20H27FN4O4/c1-13(2)18-22-20(29-23-18)25-9-7-24(8-10-25)14(3)6-11-28-15-4-5-16(19(26)27)17(21)12-15/h4-5,12-14H,6-11H2,1-3H3,(H,26,27)/p-1/t14-/m0/s1. The van der Waals surface area contributed by atoms with Crippen molar-refractivity contribution < 1.29 is 23.6 Å². The van der Waals surface area contributed by atoms with Crippen LogP contribution in [0.2, 0.25) is 0 Å². The number of ether oxygens (including phenoxy) is 1. The van der Waals surface area contributed by atoms with Crippen LogP contribution in [0.4, 0.5) is 10.4 Å². The van der Waals surface area contributed by atoms with Crippen LogP contribution in [-0.2, 0) is 0 Å². The van der Waals surface area contributed by atoms with Crippen molar-refractivity contribution in [3.05, 3.63) is 35.4 Å². The summed E-state index contributed by atoms with van der Waals surface area (Å²) < 4.78 is 24.6. The van der Waals surface area contributed by atoms with E-state index in [2.05, 4.69) is 26.9 Å². The average Bonchev–Trinajstić information content (AvgIpc) is 3.18. The Morgan fingerprint density at radius 3 is 2.59 bits per heavy atom. The van der Waals surface area contributed by atoms with Gasteiger partial charge in [0.05, 0.1) is 12.6 Å². The maximum Gasteiger partial charge on any atom is 0.324 e. The average molecular weight is 405 g/mol. The molecule has 0 unspecified atom stereocenters.